The first-order valence-corrected chi connectivity index (χ1v) is 9.19. The standard InChI is InChI=1S/C19H18Cl2N4O/c1-24-8-10-25(11-9-24)19-22-16-5-3-2-4-14(16)18(23-19)26-17-7-6-13(20)12-15(17)21/h2-7,12H,8-11H2,1H3. The summed E-state index contributed by atoms with van der Waals surface area (Å²) in [6.45, 7) is 3.73. The first kappa shape index (κ1) is 17.3. The molecular weight excluding hydrogens is 371 g/mol. The molecule has 2 heterocycles. The van der Waals surface area contributed by atoms with Crippen molar-refractivity contribution in [2.45, 2.75) is 0 Å². The number of halogens is 2. The molecule has 3 aromatic rings. The van der Waals surface area contributed by atoms with E-state index < -0.39 is 0 Å². The molecular formula is C19H18Cl2N4O. The summed E-state index contributed by atoms with van der Waals surface area (Å²) in [5.41, 5.74) is 0.844. The van der Waals surface area contributed by atoms with Gasteiger partial charge in [-0.15, -0.1) is 0 Å². The SMILES string of the molecule is CN1CCN(c2nc(Oc3ccc(Cl)cc3Cl)c3ccccc3n2)CC1. The largest absolute Gasteiger partial charge is 0.437 e. The zero-order valence-corrected chi connectivity index (χ0v) is 15.8. The highest BCUT2D eigenvalue weighted by Gasteiger charge is 2.19. The average Bonchev–Trinajstić information content (AvgIpc) is 2.64. The van der Waals surface area contributed by atoms with Crippen molar-refractivity contribution in [3.63, 3.8) is 0 Å². The Hall–Kier alpha value is -2.08. The maximum Gasteiger partial charge on any atom is 0.232 e. The van der Waals surface area contributed by atoms with Crippen molar-refractivity contribution in [3.05, 3.63) is 52.5 Å². The number of aromatic nitrogens is 2. The summed E-state index contributed by atoms with van der Waals surface area (Å²) >= 11 is 12.2. The zero-order chi connectivity index (χ0) is 18.1. The number of para-hydroxylation sites is 1. The van der Waals surface area contributed by atoms with E-state index in [0.717, 1.165) is 37.1 Å². The summed E-state index contributed by atoms with van der Waals surface area (Å²) in [5.74, 6) is 1.69. The lowest BCUT2D eigenvalue weighted by molar-refractivity contribution is 0.311. The summed E-state index contributed by atoms with van der Waals surface area (Å²) in [4.78, 5) is 13.9. The fourth-order valence-corrected chi connectivity index (χ4v) is 3.37. The van der Waals surface area contributed by atoms with Gasteiger partial charge in [-0.1, -0.05) is 35.3 Å². The van der Waals surface area contributed by atoms with Crippen molar-refractivity contribution >= 4 is 40.1 Å². The number of likely N-dealkylation sites (N-methyl/N-ethyl adjacent to an activating group) is 1. The van der Waals surface area contributed by atoms with Gasteiger partial charge in [0.15, 0.2) is 0 Å². The van der Waals surface area contributed by atoms with E-state index in [1.54, 1.807) is 18.2 Å². The van der Waals surface area contributed by atoms with E-state index in [4.69, 9.17) is 37.9 Å². The molecule has 7 heteroatoms. The highest BCUT2D eigenvalue weighted by Crippen LogP contribution is 2.34. The molecule has 1 aliphatic heterocycles. The van der Waals surface area contributed by atoms with Crippen LogP contribution in [0.3, 0.4) is 0 Å². The number of benzene rings is 2. The van der Waals surface area contributed by atoms with E-state index in [2.05, 4.69) is 16.8 Å². The molecule has 1 saturated heterocycles. The predicted molar refractivity (Wildman–Crippen MR) is 106 cm³/mol. The lowest BCUT2D eigenvalue weighted by atomic mass is 10.2. The summed E-state index contributed by atoms with van der Waals surface area (Å²) in [6, 6.07) is 13.0. The van der Waals surface area contributed by atoms with Crippen molar-refractivity contribution in [2.24, 2.45) is 0 Å². The van der Waals surface area contributed by atoms with Crippen molar-refractivity contribution in [1.82, 2.24) is 14.9 Å². The van der Waals surface area contributed by atoms with Crippen LogP contribution in [0.25, 0.3) is 10.9 Å². The van der Waals surface area contributed by atoms with E-state index in [-0.39, 0.29) is 0 Å². The molecule has 0 radical (unpaired) electrons. The lowest BCUT2D eigenvalue weighted by Crippen LogP contribution is -2.45. The summed E-state index contributed by atoms with van der Waals surface area (Å²) in [7, 11) is 2.12. The third-order valence-electron chi connectivity index (χ3n) is 4.44. The normalized spacial score (nSPS) is 15.4. The minimum Gasteiger partial charge on any atom is -0.437 e. The van der Waals surface area contributed by atoms with Crippen LogP contribution in [0.4, 0.5) is 5.95 Å². The van der Waals surface area contributed by atoms with Crippen LogP contribution in [0.1, 0.15) is 0 Å². The number of anilines is 1. The Labute approximate surface area is 162 Å². The molecule has 0 amide bonds. The number of piperazine rings is 1. The molecule has 1 aliphatic rings. The van der Waals surface area contributed by atoms with Gasteiger partial charge in [0.2, 0.25) is 11.8 Å². The maximum absolute atomic E-state index is 6.27. The number of ether oxygens (including phenoxy) is 1. The number of hydrogen-bond donors (Lipinski definition) is 0. The Balaban J connectivity index is 1.74. The maximum atomic E-state index is 6.27. The first-order chi connectivity index (χ1) is 12.6. The van der Waals surface area contributed by atoms with E-state index in [9.17, 15) is 0 Å². The highest BCUT2D eigenvalue weighted by molar-refractivity contribution is 6.35. The molecule has 2 aromatic carbocycles. The van der Waals surface area contributed by atoms with Gasteiger partial charge in [-0.05, 0) is 37.4 Å². The minimum absolute atomic E-state index is 0.446. The van der Waals surface area contributed by atoms with E-state index in [1.165, 1.54) is 0 Å². The molecule has 134 valence electrons. The van der Waals surface area contributed by atoms with Gasteiger partial charge in [0.05, 0.1) is 15.9 Å². The average molecular weight is 389 g/mol. The topological polar surface area (TPSA) is 41.5 Å². The molecule has 0 spiro atoms. The van der Waals surface area contributed by atoms with Gasteiger partial charge in [-0.2, -0.15) is 4.98 Å². The summed E-state index contributed by atoms with van der Waals surface area (Å²) in [5, 5.41) is 1.85. The highest BCUT2D eigenvalue weighted by atomic mass is 35.5. The second-order valence-corrected chi connectivity index (χ2v) is 7.16. The molecule has 0 N–H and O–H groups in total. The van der Waals surface area contributed by atoms with Crippen LogP contribution in [0.15, 0.2) is 42.5 Å². The molecule has 26 heavy (non-hydrogen) atoms. The van der Waals surface area contributed by atoms with E-state index in [0.29, 0.717) is 27.6 Å². The number of hydrogen-bond acceptors (Lipinski definition) is 5. The molecule has 0 aliphatic carbocycles. The monoisotopic (exact) mass is 388 g/mol. The Kier molecular flexibility index (Phi) is 4.85. The second-order valence-electron chi connectivity index (χ2n) is 6.31. The Morgan fingerprint density at radius 2 is 1.73 bits per heavy atom. The molecule has 1 aromatic heterocycles. The zero-order valence-electron chi connectivity index (χ0n) is 14.3. The molecule has 0 saturated carbocycles. The van der Waals surface area contributed by atoms with E-state index in [1.807, 2.05) is 24.3 Å². The number of nitrogens with zero attached hydrogens (tertiary/aromatic N) is 4. The molecule has 5 nitrogen and oxygen atoms in total. The Morgan fingerprint density at radius 1 is 0.962 bits per heavy atom. The van der Waals surface area contributed by atoms with Crippen LogP contribution >= 0.6 is 23.2 Å². The number of rotatable bonds is 3. The van der Waals surface area contributed by atoms with Crippen molar-refractivity contribution in [3.8, 4) is 11.6 Å². The van der Waals surface area contributed by atoms with Crippen LogP contribution in [0, 0.1) is 0 Å². The predicted octanol–water partition coefficient (Wildman–Crippen LogP) is 4.48. The first-order valence-electron chi connectivity index (χ1n) is 8.43. The molecule has 1 fully saturated rings. The quantitative estimate of drug-likeness (QED) is 0.661. The number of fused-ring (bicyclic) bond motifs is 1. The summed E-state index contributed by atoms with van der Waals surface area (Å²) in [6.07, 6.45) is 0. The van der Waals surface area contributed by atoms with Gasteiger partial charge in [0.25, 0.3) is 0 Å². The molecule has 0 bridgehead atoms. The van der Waals surface area contributed by atoms with Crippen molar-refractivity contribution < 1.29 is 4.74 Å². The van der Waals surface area contributed by atoms with Crippen LogP contribution < -0.4 is 9.64 Å². The van der Waals surface area contributed by atoms with Crippen molar-refractivity contribution in [1.29, 1.82) is 0 Å². The van der Waals surface area contributed by atoms with Gasteiger partial charge >= 0.3 is 0 Å². The van der Waals surface area contributed by atoms with Gasteiger partial charge in [-0.25, -0.2) is 4.98 Å². The molecule has 4 rings (SSSR count). The van der Waals surface area contributed by atoms with Crippen molar-refractivity contribution in [2.75, 3.05) is 38.1 Å². The van der Waals surface area contributed by atoms with Gasteiger partial charge < -0.3 is 14.5 Å². The van der Waals surface area contributed by atoms with Gasteiger partial charge in [-0.3, -0.25) is 0 Å². The van der Waals surface area contributed by atoms with E-state index >= 15 is 0 Å². The smallest absolute Gasteiger partial charge is 0.232 e. The fraction of sp³-hybridized carbons (Fsp3) is 0.263. The minimum atomic E-state index is 0.446. The summed E-state index contributed by atoms with van der Waals surface area (Å²) < 4.78 is 6.05. The van der Waals surface area contributed by atoms with Gasteiger partial charge in [0.1, 0.15) is 5.75 Å². The second kappa shape index (κ2) is 7.27. The molecule has 0 unspecified atom stereocenters. The Morgan fingerprint density at radius 3 is 2.50 bits per heavy atom. The van der Waals surface area contributed by atoms with Crippen LogP contribution in [-0.2, 0) is 0 Å². The van der Waals surface area contributed by atoms with Crippen LogP contribution in [0.5, 0.6) is 11.6 Å². The fourth-order valence-electron chi connectivity index (χ4n) is 2.92. The van der Waals surface area contributed by atoms with Gasteiger partial charge in [0, 0.05) is 31.2 Å². The lowest BCUT2D eigenvalue weighted by Gasteiger charge is -2.32. The van der Waals surface area contributed by atoms with Crippen LogP contribution in [-0.4, -0.2) is 48.1 Å². The molecule has 0 atom stereocenters. The third kappa shape index (κ3) is 3.56. The third-order valence-corrected chi connectivity index (χ3v) is 4.97. The van der Waals surface area contributed by atoms with Crippen LogP contribution in [0.2, 0.25) is 10.0 Å². The Bertz CT molecular complexity index is 942.